The predicted octanol–water partition coefficient (Wildman–Crippen LogP) is 2.28. The summed E-state index contributed by atoms with van der Waals surface area (Å²) in [5.74, 6) is 1.20. The van der Waals surface area contributed by atoms with Crippen molar-refractivity contribution < 1.29 is 24.3 Å². The average Bonchev–Trinajstić information content (AvgIpc) is 3.32. The SMILES string of the molecule is CCc1nc(N)c(-c2nc(-c3cc(C)c(OC[C@@H](O)CNC(=O)CO)c(C)c3)no2)c(CC)c1C. The minimum atomic E-state index is -0.918. The normalized spacial score (nSPS) is 12.0. The number of aryl methyl sites for hydroxylation is 3. The second kappa shape index (κ2) is 11.3. The number of aromatic nitrogens is 3. The number of carbonyl (C=O) groups is 1. The maximum atomic E-state index is 11.1. The van der Waals surface area contributed by atoms with Gasteiger partial charge in [0.15, 0.2) is 0 Å². The van der Waals surface area contributed by atoms with Crippen LogP contribution in [0.1, 0.15) is 41.8 Å². The molecule has 3 aromatic rings. The van der Waals surface area contributed by atoms with E-state index in [0.717, 1.165) is 46.4 Å². The summed E-state index contributed by atoms with van der Waals surface area (Å²) in [6.07, 6.45) is 0.635. The molecule has 0 aliphatic heterocycles. The number of hydrogen-bond acceptors (Lipinski definition) is 9. The zero-order valence-electron chi connectivity index (χ0n) is 20.8. The number of rotatable bonds is 10. The number of nitrogens with one attached hydrogen (secondary N) is 1. The molecule has 0 saturated carbocycles. The van der Waals surface area contributed by atoms with E-state index in [-0.39, 0.29) is 13.2 Å². The van der Waals surface area contributed by atoms with Crippen LogP contribution in [0.4, 0.5) is 5.82 Å². The summed E-state index contributed by atoms with van der Waals surface area (Å²) in [5.41, 5.74) is 12.5. The van der Waals surface area contributed by atoms with Crippen molar-refractivity contribution in [1.82, 2.24) is 20.4 Å². The van der Waals surface area contributed by atoms with Gasteiger partial charge in [0, 0.05) is 17.8 Å². The summed E-state index contributed by atoms with van der Waals surface area (Å²) >= 11 is 0. The molecule has 2 heterocycles. The van der Waals surface area contributed by atoms with Crippen LogP contribution in [-0.4, -0.2) is 57.1 Å². The first-order valence-electron chi connectivity index (χ1n) is 11.6. The zero-order valence-corrected chi connectivity index (χ0v) is 20.8. The number of amides is 1. The first-order chi connectivity index (χ1) is 16.7. The molecule has 5 N–H and O–H groups in total. The van der Waals surface area contributed by atoms with Gasteiger partial charge in [-0.2, -0.15) is 4.98 Å². The van der Waals surface area contributed by atoms with Gasteiger partial charge in [0.05, 0.1) is 5.56 Å². The van der Waals surface area contributed by atoms with E-state index in [4.69, 9.17) is 20.1 Å². The lowest BCUT2D eigenvalue weighted by Crippen LogP contribution is -2.36. The predicted molar refractivity (Wildman–Crippen MR) is 132 cm³/mol. The summed E-state index contributed by atoms with van der Waals surface area (Å²) in [4.78, 5) is 20.3. The number of nitrogens with two attached hydrogens (primary N) is 1. The van der Waals surface area contributed by atoms with E-state index in [2.05, 4.69) is 27.4 Å². The van der Waals surface area contributed by atoms with E-state index in [9.17, 15) is 9.90 Å². The highest BCUT2D eigenvalue weighted by atomic mass is 16.5. The molecule has 0 radical (unpaired) electrons. The topological polar surface area (TPSA) is 157 Å². The lowest BCUT2D eigenvalue weighted by Gasteiger charge is -2.16. The van der Waals surface area contributed by atoms with Crippen molar-refractivity contribution in [2.24, 2.45) is 0 Å². The fourth-order valence-corrected chi connectivity index (χ4v) is 4.10. The van der Waals surface area contributed by atoms with Crippen LogP contribution < -0.4 is 15.8 Å². The Morgan fingerprint density at radius 3 is 2.46 bits per heavy atom. The Kier molecular flexibility index (Phi) is 8.42. The van der Waals surface area contributed by atoms with Gasteiger partial charge in [-0.1, -0.05) is 19.0 Å². The summed E-state index contributed by atoms with van der Waals surface area (Å²) in [6, 6.07) is 3.76. The summed E-state index contributed by atoms with van der Waals surface area (Å²) < 4.78 is 11.4. The number of benzene rings is 1. The molecule has 0 bridgehead atoms. The molecule has 3 rings (SSSR count). The van der Waals surface area contributed by atoms with Crippen LogP contribution in [0.2, 0.25) is 0 Å². The van der Waals surface area contributed by atoms with Gasteiger partial charge < -0.3 is 30.5 Å². The maximum absolute atomic E-state index is 11.1. The third-order valence-electron chi connectivity index (χ3n) is 5.84. The highest BCUT2D eigenvalue weighted by molar-refractivity contribution is 5.77. The number of ether oxygens (including phenoxy) is 1. The Balaban J connectivity index is 1.83. The largest absolute Gasteiger partial charge is 0.490 e. The number of aliphatic hydroxyl groups excluding tert-OH is 2. The van der Waals surface area contributed by atoms with Crippen molar-refractivity contribution in [3.8, 4) is 28.6 Å². The molecule has 0 aliphatic rings. The number of anilines is 1. The quantitative estimate of drug-likeness (QED) is 0.340. The van der Waals surface area contributed by atoms with Crippen molar-refractivity contribution >= 4 is 11.7 Å². The molecule has 10 nitrogen and oxygen atoms in total. The lowest BCUT2D eigenvalue weighted by molar-refractivity contribution is -0.124. The molecule has 10 heteroatoms. The van der Waals surface area contributed by atoms with Gasteiger partial charge in [-0.05, 0) is 68.0 Å². The van der Waals surface area contributed by atoms with E-state index >= 15 is 0 Å². The molecule has 1 atom stereocenters. The van der Waals surface area contributed by atoms with Gasteiger partial charge >= 0.3 is 0 Å². The van der Waals surface area contributed by atoms with Crippen LogP contribution in [0, 0.1) is 20.8 Å². The van der Waals surface area contributed by atoms with Crippen molar-refractivity contribution in [2.75, 3.05) is 25.5 Å². The second-order valence-corrected chi connectivity index (χ2v) is 8.42. The van der Waals surface area contributed by atoms with Gasteiger partial charge in [0.1, 0.15) is 30.9 Å². The molecule has 2 aromatic heterocycles. The standard InChI is InChI=1S/C25H33N5O5/c1-6-18-15(5)19(7-2)28-23(26)21(18)25-29-24(30-35-25)16-8-13(3)22(14(4)9-16)34-12-17(32)10-27-20(33)11-31/h8-9,17,31-32H,6-7,10-12H2,1-5H3,(H2,26,28)(H,27,33)/t17-/m0/s1. The average molecular weight is 484 g/mol. The molecule has 0 unspecified atom stereocenters. The third kappa shape index (κ3) is 5.77. The Morgan fingerprint density at radius 1 is 1.17 bits per heavy atom. The molecule has 0 aliphatic carbocycles. The first-order valence-corrected chi connectivity index (χ1v) is 11.6. The Bertz CT molecular complexity index is 1180. The maximum Gasteiger partial charge on any atom is 0.262 e. The number of carbonyl (C=O) groups excluding carboxylic acids is 1. The van der Waals surface area contributed by atoms with Crippen LogP contribution in [0.3, 0.4) is 0 Å². The molecular weight excluding hydrogens is 450 g/mol. The van der Waals surface area contributed by atoms with E-state index in [1.165, 1.54) is 0 Å². The van der Waals surface area contributed by atoms with Gasteiger partial charge in [-0.15, -0.1) is 0 Å². The monoisotopic (exact) mass is 483 g/mol. The van der Waals surface area contributed by atoms with Crippen LogP contribution >= 0.6 is 0 Å². The fourth-order valence-electron chi connectivity index (χ4n) is 4.10. The molecular formula is C25H33N5O5. The zero-order chi connectivity index (χ0) is 25.7. The molecule has 0 fully saturated rings. The van der Waals surface area contributed by atoms with Gasteiger partial charge in [-0.25, -0.2) is 4.98 Å². The summed E-state index contributed by atoms with van der Waals surface area (Å²) in [7, 11) is 0. The van der Waals surface area contributed by atoms with E-state index < -0.39 is 18.6 Å². The van der Waals surface area contributed by atoms with E-state index in [1.807, 2.05) is 39.8 Å². The number of pyridine rings is 1. The van der Waals surface area contributed by atoms with Crippen LogP contribution in [0.25, 0.3) is 22.8 Å². The molecule has 0 spiro atoms. The molecule has 0 saturated heterocycles. The minimum Gasteiger partial charge on any atom is -0.490 e. The second-order valence-electron chi connectivity index (χ2n) is 8.42. The van der Waals surface area contributed by atoms with Gasteiger partial charge in [0.25, 0.3) is 5.89 Å². The van der Waals surface area contributed by atoms with Crippen LogP contribution in [-0.2, 0) is 17.6 Å². The molecule has 1 aromatic carbocycles. The Hall–Kier alpha value is -3.50. The molecule has 35 heavy (non-hydrogen) atoms. The van der Waals surface area contributed by atoms with Crippen molar-refractivity contribution in [3.05, 3.63) is 40.1 Å². The number of nitrogen functional groups attached to an aromatic ring is 1. The fraction of sp³-hybridized carbons (Fsp3) is 0.440. The molecule has 1 amide bonds. The van der Waals surface area contributed by atoms with E-state index in [0.29, 0.717) is 28.8 Å². The van der Waals surface area contributed by atoms with Crippen molar-refractivity contribution in [2.45, 2.75) is 53.6 Å². The number of hydrogen-bond donors (Lipinski definition) is 4. The summed E-state index contributed by atoms with van der Waals surface area (Å²) in [6.45, 7) is 9.26. The number of nitrogens with zero attached hydrogens (tertiary/aromatic N) is 3. The van der Waals surface area contributed by atoms with Gasteiger partial charge in [0.2, 0.25) is 11.7 Å². The van der Waals surface area contributed by atoms with Crippen molar-refractivity contribution in [1.29, 1.82) is 0 Å². The third-order valence-corrected chi connectivity index (χ3v) is 5.84. The Morgan fingerprint density at radius 2 is 1.86 bits per heavy atom. The highest BCUT2D eigenvalue weighted by Crippen LogP contribution is 2.34. The van der Waals surface area contributed by atoms with Crippen LogP contribution in [0.15, 0.2) is 16.7 Å². The minimum absolute atomic E-state index is 0.0156. The summed E-state index contributed by atoms with van der Waals surface area (Å²) in [5, 5.41) is 25.3. The van der Waals surface area contributed by atoms with Crippen LogP contribution in [0.5, 0.6) is 5.75 Å². The lowest BCUT2D eigenvalue weighted by atomic mass is 9.98. The molecule has 188 valence electrons. The Labute approximate surface area is 204 Å². The van der Waals surface area contributed by atoms with E-state index in [1.54, 1.807) is 0 Å². The van der Waals surface area contributed by atoms with Crippen molar-refractivity contribution in [3.63, 3.8) is 0 Å². The smallest absolute Gasteiger partial charge is 0.262 e. The first kappa shape index (κ1) is 26.1. The number of aliphatic hydroxyl groups is 2. The highest BCUT2D eigenvalue weighted by Gasteiger charge is 2.21. The van der Waals surface area contributed by atoms with Gasteiger partial charge in [-0.3, -0.25) is 4.79 Å².